The van der Waals surface area contributed by atoms with Crippen molar-refractivity contribution < 1.29 is 9.59 Å². The molecular weight excluding hydrogens is 316 g/mol. The van der Waals surface area contributed by atoms with Gasteiger partial charge < -0.3 is 9.80 Å². The van der Waals surface area contributed by atoms with Gasteiger partial charge in [0.25, 0.3) is 0 Å². The van der Waals surface area contributed by atoms with Crippen LogP contribution in [-0.2, 0) is 9.59 Å². The number of rotatable bonds is 8. The number of hydrogen-bond donors (Lipinski definition) is 0. The highest BCUT2D eigenvalue weighted by Crippen LogP contribution is 2.11. The molecule has 0 bridgehead atoms. The summed E-state index contributed by atoms with van der Waals surface area (Å²) in [5, 5.41) is 0. The van der Waals surface area contributed by atoms with Crippen LogP contribution in [0.3, 0.4) is 0 Å². The van der Waals surface area contributed by atoms with Gasteiger partial charge in [0.05, 0.1) is 13.3 Å². The minimum absolute atomic E-state index is 0.200. The Morgan fingerprint density at radius 2 is 1.04 bits per heavy atom. The maximum absolute atomic E-state index is 11.5. The zero-order chi connectivity index (χ0) is 18.1. The molecule has 0 atom stereocenters. The van der Waals surface area contributed by atoms with E-state index in [9.17, 15) is 9.59 Å². The average molecular weight is 353 g/mol. The highest BCUT2D eigenvalue weighted by Gasteiger charge is 2.19. The van der Waals surface area contributed by atoms with Gasteiger partial charge in [0, 0.05) is 40.0 Å². The molecule has 2 aliphatic rings. The summed E-state index contributed by atoms with van der Waals surface area (Å²) in [4.78, 5) is 31.6. The van der Waals surface area contributed by atoms with Gasteiger partial charge in [-0.25, -0.2) is 0 Å². The maximum Gasteiger partial charge on any atom is 0.220 e. The first-order valence-corrected chi connectivity index (χ1v) is 10.0. The lowest BCUT2D eigenvalue weighted by atomic mass is 10.1. The molecule has 0 aromatic rings. The number of nitrogens with zero attached hydrogens (tertiary/aromatic N) is 4. The molecule has 0 aromatic heterocycles. The fourth-order valence-electron chi connectivity index (χ4n) is 3.82. The van der Waals surface area contributed by atoms with Crippen molar-refractivity contribution >= 4 is 11.8 Å². The zero-order valence-corrected chi connectivity index (χ0v) is 16.2. The topological polar surface area (TPSA) is 47.1 Å². The van der Waals surface area contributed by atoms with Crippen LogP contribution in [0.1, 0.15) is 58.8 Å². The van der Waals surface area contributed by atoms with Gasteiger partial charge in [0.15, 0.2) is 0 Å². The third-order valence-corrected chi connectivity index (χ3v) is 5.39. The van der Waals surface area contributed by atoms with Crippen molar-refractivity contribution in [2.45, 2.75) is 58.8 Å². The van der Waals surface area contributed by atoms with Gasteiger partial charge in [0.1, 0.15) is 0 Å². The van der Waals surface area contributed by atoms with Gasteiger partial charge in [-0.1, -0.05) is 19.3 Å². The van der Waals surface area contributed by atoms with Crippen molar-refractivity contribution in [3.05, 3.63) is 0 Å². The normalized spacial score (nSPS) is 20.1. The second-order valence-corrected chi connectivity index (χ2v) is 7.56. The Morgan fingerprint density at radius 3 is 1.44 bits per heavy atom. The smallest absolute Gasteiger partial charge is 0.220 e. The molecule has 0 N–H and O–H groups in total. The van der Waals surface area contributed by atoms with Crippen molar-refractivity contribution in [1.82, 2.24) is 19.6 Å². The number of hydrogen-bond acceptors (Lipinski definition) is 4. The Balaban J connectivity index is 1.47. The van der Waals surface area contributed by atoms with Crippen LogP contribution in [0.4, 0.5) is 0 Å². The summed E-state index contributed by atoms with van der Waals surface area (Å²) in [6.07, 6.45) is 8.50. The number of carbonyl (C=O) groups is 2. The van der Waals surface area contributed by atoms with Crippen LogP contribution >= 0.6 is 0 Å². The molecule has 25 heavy (non-hydrogen) atoms. The predicted octanol–water partition coefficient (Wildman–Crippen LogP) is 1.96. The fourth-order valence-corrected chi connectivity index (χ4v) is 3.82. The summed E-state index contributed by atoms with van der Waals surface area (Å²) >= 11 is 0. The summed E-state index contributed by atoms with van der Waals surface area (Å²) in [5.74, 6) is 0.400. The van der Waals surface area contributed by atoms with Crippen LogP contribution < -0.4 is 0 Å². The molecule has 2 heterocycles. The van der Waals surface area contributed by atoms with E-state index in [0.29, 0.717) is 0 Å². The van der Waals surface area contributed by atoms with Gasteiger partial charge >= 0.3 is 0 Å². The molecule has 6 heteroatoms. The molecule has 2 aliphatic heterocycles. The van der Waals surface area contributed by atoms with Crippen molar-refractivity contribution in [3.8, 4) is 0 Å². The van der Waals surface area contributed by atoms with Crippen LogP contribution in [0.25, 0.3) is 0 Å². The van der Waals surface area contributed by atoms with E-state index in [1.165, 1.54) is 32.1 Å². The first-order chi connectivity index (χ1) is 12.1. The minimum atomic E-state index is 0.200. The van der Waals surface area contributed by atoms with Crippen LogP contribution in [0.15, 0.2) is 0 Å². The lowest BCUT2D eigenvalue weighted by Crippen LogP contribution is -2.47. The molecule has 2 amide bonds. The maximum atomic E-state index is 11.5. The molecule has 6 nitrogen and oxygen atoms in total. The molecule has 0 spiro atoms. The number of carbonyl (C=O) groups excluding carboxylic acids is 2. The van der Waals surface area contributed by atoms with Gasteiger partial charge in [-0.2, -0.15) is 0 Å². The molecule has 0 saturated carbocycles. The van der Waals surface area contributed by atoms with Gasteiger partial charge in [-0.05, 0) is 38.8 Å². The van der Waals surface area contributed by atoms with Gasteiger partial charge in [0.2, 0.25) is 11.8 Å². The highest BCUT2D eigenvalue weighted by molar-refractivity contribution is 5.73. The molecule has 144 valence electrons. The Labute approximate surface area is 153 Å². The number of amides is 2. The summed E-state index contributed by atoms with van der Waals surface area (Å²) in [7, 11) is 0. The van der Waals surface area contributed by atoms with Crippen molar-refractivity contribution in [2.75, 3.05) is 52.6 Å². The highest BCUT2D eigenvalue weighted by atomic mass is 16.2. The lowest BCUT2D eigenvalue weighted by Gasteiger charge is -2.35. The SMILES string of the molecule is CC(=O)N1CCCN(CCCCCCCN2CCCN(C(C)=O)C2)C1. The largest absolute Gasteiger partial charge is 0.330 e. The molecular formula is C19H36N4O2. The Hall–Kier alpha value is -1.14. The monoisotopic (exact) mass is 352 g/mol. The van der Waals surface area contributed by atoms with Crippen LogP contribution in [-0.4, -0.2) is 84.0 Å². The van der Waals surface area contributed by atoms with Crippen molar-refractivity contribution in [2.24, 2.45) is 0 Å². The van der Waals surface area contributed by atoms with Gasteiger partial charge in [-0.15, -0.1) is 0 Å². The van der Waals surface area contributed by atoms with Crippen molar-refractivity contribution in [1.29, 1.82) is 0 Å². The Kier molecular flexibility index (Phi) is 8.68. The van der Waals surface area contributed by atoms with Crippen molar-refractivity contribution in [3.63, 3.8) is 0 Å². The van der Waals surface area contributed by atoms with E-state index in [1.807, 2.05) is 9.80 Å². The van der Waals surface area contributed by atoms with E-state index < -0.39 is 0 Å². The van der Waals surface area contributed by atoms with E-state index in [2.05, 4.69) is 9.80 Å². The van der Waals surface area contributed by atoms with Gasteiger partial charge in [-0.3, -0.25) is 19.4 Å². The molecule has 0 aromatic carbocycles. The Morgan fingerprint density at radius 1 is 0.640 bits per heavy atom. The molecule has 2 fully saturated rings. The Bertz CT molecular complexity index is 392. The van der Waals surface area contributed by atoms with Crippen LogP contribution in [0, 0.1) is 0 Å². The fraction of sp³-hybridized carbons (Fsp3) is 0.895. The molecule has 0 unspecified atom stereocenters. The first-order valence-electron chi connectivity index (χ1n) is 10.0. The summed E-state index contributed by atoms with van der Waals surface area (Å²) in [6.45, 7) is 11.3. The van der Waals surface area contributed by atoms with E-state index >= 15 is 0 Å². The van der Waals surface area contributed by atoms with E-state index in [0.717, 1.165) is 65.4 Å². The average Bonchev–Trinajstić information content (AvgIpc) is 2.61. The summed E-state index contributed by atoms with van der Waals surface area (Å²) < 4.78 is 0. The first kappa shape index (κ1) is 20.2. The second-order valence-electron chi connectivity index (χ2n) is 7.56. The minimum Gasteiger partial charge on any atom is -0.330 e. The lowest BCUT2D eigenvalue weighted by molar-refractivity contribution is -0.133. The van der Waals surface area contributed by atoms with E-state index in [4.69, 9.17) is 0 Å². The summed E-state index contributed by atoms with van der Waals surface area (Å²) in [5.41, 5.74) is 0. The third kappa shape index (κ3) is 7.32. The molecule has 2 saturated heterocycles. The standard InChI is InChI=1S/C19H36N4O2/c1-18(24)22-14-8-12-20(16-22)10-6-4-3-5-7-11-21-13-9-15-23(17-21)19(2)25/h3-17H2,1-2H3. The molecule has 0 radical (unpaired) electrons. The third-order valence-electron chi connectivity index (χ3n) is 5.39. The number of unbranched alkanes of at least 4 members (excludes halogenated alkanes) is 4. The van der Waals surface area contributed by atoms with E-state index in [-0.39, 0.29) is 11.8 Å². The molecule has 2 rings (SSSR count). The van der Waals surface area contributed by atoms with Crippen LogP contribution in [0.5, 0.6) is 0 Å². The quantitative estimate of drug-likeness (QED) is 0.627. The second kappa shape index (κ2) is 10.8. The summed E-state index contributed by atoms with van der Waals surface area (Å²) in [6, 6.07) is 0. The predicted molar refractivity (Wildman–Crippen MR) is 100.0 cm³/mol. The van der Waals surface area contributed by atoms with Crippen LogP contribution in [0.2, 0.25) is 0 Å². The zero-order valence-electron chi connectivity index (χ0n) is 16.2. The van der Waals surface area contributed by atoms with E-state index in [1.54, 1.807) is 13.8 Å². The molecule has 0 aliphatic carbocycles.